The van der Waals surface area contributed by atoms with Crippen LogP contribution in [0.1, 0.15) is 30.4 Å². The van der Waals surface area contributed by atoms with Crippen molar-refractivity contribution < 1.29 is 4.79 Å². The Labute approximate surface area is 183 Å². The Hall–Kier alpha value is -2.01. The molecule has 0 atom stereocenters. The molecule has 0 unspecified atom stereocenters. The van der Waals surface area contributed by atoms with Gasteiger partial charge in [0.15, 0.2) is 0 Å². The van der Waals surface area contributed by atoms with Gasteiger partial charge in [0, 0.05) is 54.7 Å². The largest absolute Gasteiger partial charge is 0.343 e. The van der Waals surface area contributed by atoms with E-state index in [1.54, 1.807) is 0 Å². The van der Waals surface area contributed by atoms with Gasteiger partial charge in [0.1, 0.15) is 0 Å². The number of nitrogens with one attached hydrogen (secondary N) is 1. The van der Waals surface area contributed by atoms with Crippen molar-refractivity contribution in [2.45, 2.75) is 32.4 Å². The number of aromatic nitrogens is 1. The second kappa shape index (κ2) is 10.1. The summed E-state index contributed by atoms with van der Waals surface area (Å²) in [6.45, 7) is 4.28. The van der Waals surface area contributed by atoms with Gasteiger partial charge < -0.3 is 14.8 Å². The molecule has 2 heterocycles. The molecular formula is C23H27Cl2N3O. The Morgan fingerprint density at radius 3 is 2.62 bits per heavy atom. The predicted octanol–water partition coefficient (Wildman–Crippen LogP) is 4.87. The van der Waals surface area contributed by atoms with E-state index in [-0.39, 0.29) is 12.4 Å². The number of carbonyl (C=O) groups excluding carboxylic acids is 1. The van der Waals surface area contributed by atoms with Crippen molar-refractivity contribution in [2.24, 2.45) is 0 Å². The van der Waals surface area contributed by atoms with Crippen LogP contribution in [-0.2, 0) is 17.9 Å². The van der Waals surface area contributed by atoms with Gasteiger partial charge in [0.2, 0.25) is 5.91 Å². The van der Waals surface area contributed by atoms with Crippen LogP contribution in [-0.4, -0.2) is 35.0 Å². The molecule has 0 bridgehead atoms. The first-order chi connectivity index (χ1) is 13.7. The number of fused-ring (bicyclic) bond motifs is 1. The zero-order chi connectivity index (χ0) is 19.3. The standard InChI is InChI=1S/C23H26ClN3O.ClH/c24-21-9-3-1-7-18(21)16-27-17-19(20-8-2-4-10-22(20)27)15-25-12-6-14-26-13-5-11-23(26)28;/h1-4,7-10,17,25H,5-6,11-16H2;1H. The quantitative estimate of drug-likeness (QED) is 0.516. The minimum Gasteiger partial charge on any atom is -0.343 e. The van der Waals surface area contributed by atoms with Crippen LogP contribution < -0.4 is 5.32 Å². The molecule has 3 aromatic rings. The van der Waals surface area contributed by atoms with Gasteiger partial charge in [-0.2, -0.15) is 0 Å². The van der Waals surface area contributed by atoms with Crippen LogP contribution in [0.15, 0.2) is 54.7 Å². The summed E-state index contributed by atoms with van der Waals surface area (Å²) in [6, 6.07) is 16.5. The Morgan fingerprint density at radius 2 is 1.83 bits per heavy atom. The molecule has 154 valence electrons. The third kappa shape index (κ3) is 5.13. The van der Waals surface area contributed by atoms with Crippen molar-refractivity contribution >= 4 is 40.8 Å². The lowest BCUT2D eigenvalue weighted by molar-refractivity contribution is -0.127. The number of nitrogens with zero attached hydrogens (tertiary/aromatic N) is 2. The average molecular weight is 432 g/mol. The SMILES string of the molecule is Cl.O=C1CCCN1CCCNCc1cn(Cc2ccccc2Cl)c2ccccc12. The number of halogens is 2. The van der Waals surface area contributed by atoms with E-state index in [0.29, 0.717) is 5.91 Å². The van der Waals surface area contributed by atoms with Crippen molar-refractivity contribution in [3.8, 4) is 0 Å². The fourth-order valence-electron chi connectivity index (χ4n) is 3.96. The zero-order valence-electron chi connectivity index (χ0n) is 16.4. The van der Waals surface area contributed by atoms with Gasteiger partial charge in [0.05, 0.1) is 0 Å². The van der Waals surface area contributed by atoms with E-state index >= 15 is 0 Å². The average Bonchev–Trinajstić information content (AvgIpc) is 3.27. The van der Waals surface area contributed by atoms with E-state index in [2.05, 4.69) is 46.4 Å². The molecule has 1 aromatic heterocycles. The highest BCUT2D eigenvalue weighted by Gasteiger charge is 2.18. The van der Waals surface area contributed by atoms with Gasteiger partial charge in [-0.1, -0.05) is 48.0 Å². The number of rotatable bonds is 8. The lowest BCUT2D eigenvalue weighted by Crippen LogP contribution is -2.28. The highest BCUT2D eigenvalue weighted by atomic mass is 35.5. The summed E-state index contributed by atoms with van der Waals surface area (Å²) < 4.78 is 2.27. The molecule has 0 aliphatic carbocycles. The zero-order valence-corrected chi connectivity index (χ0v) is 18.0. The summed E-state index contributed by atoms with van der Waals surface area (Å²) in [7, 11) is 0. The van der Waals surface area contributed by atoms with Crippen LogP contribution in [0.3, 0.4) is 0 Å². The third-order valence-corrected chi connectivity index (χ3v) is 5.81. The summed E-state index contributed by atoms with van der Waals surface area (Å²) in [6.07, 6.45) is 4.95. The van der Waals surface area contributed by atoms with Crippen molar-refractivity contribution in [2.75, 3.05) is 19.6 Å². The fraction of sp³-hybridized carbons (Fsp3) is 0.348. The first kappa shape index (κ1) is 21.7. The number of hydrogen-bond donors (Lipinski definition) is 1. The molecule has 0 spiro atoms. The summed E-state index contributed by atoms with van der Waals surface area (Å²) in [5.74, 6) is 0.308. The Balaban J connectivity index is 0.00000240. The van der Waals surface area contributed by atoms with Crippen LogP contribution >= 0.6 is 24.0 Å². The van der Waals surface area contributed by atoms with E-state index in [9.17, 15) is 4.79 Å². The van der Waals surface area contributed by atoms with Crippen LogP contribution in [0.4, 0.5) is 0 Å². The summed E-state index contributed by atoms with van der Waals surface area (Å²) >= 11 is 6.36. The number of benzene rings is 2. The molecule has 6 heteroatoms. The Morgan fingerprint density at radius 1 is 1.03 bits per heavy atom. The first-order valence-electron chi connectivity index (χ1n) is 10.0. The van der Waals surface area contributed by atoms with E-state index in [0.717, 1.165) is 62.6 Å². The van der Waals surface area contributed by atoms with Crippen LogP contribution in [0, 0.1) is 0 Å². The molecule has 1 N–H and O–H groups in total. The molecule has 29 heavy (non-hydrogen) atoms. The van der Waals surface area contributed by atoms with E-state index < -0.39 is 0 Å². The maximum Gasteiger partial charge on any atom is 0.222 e. The lowest BCUT2D eigenvalue weighted by atomic mass is 10.2. The number of likely N-dealkylation sites (tertiary alicyclic amines) is 1. The molecule has 4 nitrogen and oxygen atoms in total. The van der Waals surface area contributed by atoms with Crippen LogP contribution in [0.25, 0.3) is 10.9 Å². The van der Waals surface area contributed by atoms with E-state index in [1.165, 1.54) is 16.5 Å². The highest BCUT2D eigenvalue weighted by Crippen LogP contribution is 2.24. The van der Waals surface area contributed by atoms with Gasteiger partial charge in [-0.25, -0.2) is 0 Å². The molecule has 4 rings (SSSR count). The van der Waals surface area contributed by atoms with Crippen molar-refractivity contribution in [3.05, 3.63) is 70.9 Å². The summed E-state index contributed by atoms with van der Waals surface area (Å²) in [4.78, 5) is 13.7. The topological polar surface area (TPSA) is 37.3 Å². The predicted molar refractivity (Wildman–Crippen MR) is 122 cm³/mol. The van der Waals surface area contributed by atoms with Gasteiger partial charge in [-0.15, -0.1) is 12.4 Å². The second-order valence-corrected chi connectivity index (χ2v) is 7.81. The maximum absolute atomic E-state index is 11.7. The number of para-hydroxylation sites is 1. The van der Waals surface area contributed by atoms with Crippen molar-refractivity contribution in [3.63, 3.8) is 0 Å². The molecule has 0 radical (unpaired) electrons. The van der Waals surface area contributed by atoms with Crippen molar-refractivity contribution in [1.82, 2.24) is 14.8 Å². The van der Waals surface area contributed by atoms with Crippen LogP contribution in [0.2, 0.25) is 5.02 Å². The normalized spacial score (nSPS) is 13.8. The Kier molecular flexibility index (Phi) is 7.59. The molecule has 1 amide bonds. The minimum absolute atomic E-state index is 0. The second-order valence-electron chi connectivity index (χ2n) is 7.41. The number of hydrogen-bond acceptors (Lipinski definition) is 2. The van der Waals surface area contributed by atoms with E-state index in [4.69, 9.17) is 11.6 Å². The Bertz CT molecular complexity index is 970. The number of carbonyl (C=O) groups is 1. The molecule has 1 saturated heterocycles. The lowest BCUT2D eigenvalue weighted by Gasteiger charge is -2.15. The maximum atomic E-state index is 11.7. The van der Waals surface area contributed by atoms with Gasteiger partial charge in [0.25, 0.3) is 0 Å². The molecule has 1 fully saturated rings. The monoisotopic (exact) mass is 431 g/mol. The summed E-state index contributed by atoms with van der Waals surface area (Å²) in [5, 5.41) is 5.62. The fourth-order valence-corrected chi connectivity index (χ4v) is 4.16. The van der Waals surface area contributed by atoms with E-state index in [1.807, 2.05) is 23.1 Å². The molecule has 1 aliphatic rings. The molecule has 2 aromatic carbocycles. The van der Waals surface area contributed by atoms with Gasteiger partial charge in [-0.3, -0.25) is 4.79 Å². The van der Waals surface area contributed by atoms with Gasteiger partial charge >= 0.3 is 0 Å². The third-order valence-electron chi connectivity index (χ3n) is 5.44. The first-order valence-corrected chi connectivity index (χ1v) is 10.4. The van der Waals surface area contributed by atoms with Crippen molar-refractivity contribution in [1.29, 1.82) is 0 Å². The minimum atomic E-state index is 0. The molecule has 0 saturated carbocycles. The molecule has 1 aliphatic heterocycles. The van der Waals surface area contributed by atoms with Gasteiger partial charge in [-0.05, 0) is 42.6 Å². The highest BCUT2D eigenvalue weighted by molar-refractivity contribution is 6.31. The smallest absolute Gasteiger partial charge is 0.222 e. The summed E-state index contributed by atoms with van der Waals surface area (Å²) in [5.41, 5.74) is 3.64. The number of amides is 1. The molecular weight excluding hydrogens is 405 g/mol. The van der Waals surface area contributed by atoms with Crippen LogP contribution in [0.5, 0.6) is 0 Å².